The molecule has 2 aliphatic heterocycles. The molecule has 0 radical (unpaired) electrons. The smallest absolute Gasteiger partial charge is 0.232 e. The van der Waals surface area contributed by atoms with Gasteiger partial charge >= 0.3 is 0 Å². The third-order valence-corrected chi connectivity index (χ3v) is 6.83. The summed E-state index contributed by atoms with van der Waals surface area (Å²) in [6, 6.07) is 14.7. The number of benzene rings is 2. The number of rotatable bonds is 5. The van der Waals surface area contributed by atoms with Gasteiger partial charge in [-0.1, -0.05) is 42.5 Å². The second-order valence-corrected chi connectivity index (χ2v) is 10.1. The maximum Gasteiger partial charge on any atom is 0.232 e. The maximum absolute atomic E-state index is 6.28. The number of nitrogens with zero attached hydrogens (tertiary/aromatic N) is 6. The van der Waals surface area contributed by atoms with E-state index < -0.39 is 0 Å². The van der Waals surface area contributed by atoms with Gasteiger partial charge in [0.05, 0.1) is 0 Å². The van der Waals surface area contributed by atoms with Crippen LogP contribution in [0, 0.1) is 0 Å². The standard InChI is InChI=1S/C25H36N10.ClH/c1-33(11-17-7-4-6-16-5-2-3-8-22(16)17)23-30-24(34-12-18(26)9-19(27)13-34)32-25(31-23)35-14-20(28)10-21(29)15-35;/h2-8,18-21H,9-15,26-29H2,1H3;1H/t18-,19+,20-,21+;. The Morgan fingerprint density at radius 1 is 0.750 bits per heavy atom. The maximum atomic E-state index is 6.28. The number of hydrogen-bond acceptors (Lipinski definition) is 10. The van der Waals surface area contributed by atoms with E-state index in [1.807, 2.05) is 7.05 Å². The molecule has 0 aliphatic carbocycles. The zero-order valence-corrected chi connectivity index (χ0v) is 21.5. The summed E-state index contributed by atoms with van der Waals surface area (Å²) in [5.74, 6) is 1.78. The minimum Gasteiger partial charge on any atom is -0.339 e. The average molecular weight is 513 g/mol. The lowest BCUT2D eigenvalue weighted by Gasteiger charge is -2.37. The quantitative estimate of drug-likeness (QED) is 0.386. The second-order valence-electron chi connectivity index (χ2n) is 10.1. The third kappa shape index (κ3) is 5.79. The minimum absolute atomic E-state index is 0. The van der Waals surface area contributed by atoms with Crippen molar-refractivity contribution < 1.29 is 0 Å². The normalized spacial score (nSPS) is 24.5. The van der Waals surface area contributed by atoms with E-state index in [0.29, 0.717) is 50.6 Å². The average Bonchev–Trinajstić information content (AvgIpc) is 2.83. The molecule has 0 saturated carbocycles. The predicted octanol–water partition coefficient (Wildman–Crippen LogP) is 0.812. The van der Waals surface area contributed by atoms with E-state index in [9.17, 15) is 0 Å². The van der Waals surface area contributed by atoms with Crippen molar-refractivity contribution in [3.63, 3.8) is 0 Å². The van der Waals surface area contributed by atoms with Crippen LogP contribution in [0.2, 0.25) is 0 Å². The van der Waals surface area contributed by atoms with Gasteiger partial charge in [-0.15, -0.1) is 12.4 Å². The first-order valence-corrected chi connectivity index (χ1v) is 12.3. The van der Waals surface area contributed by atoms with Crippen LogP contribution in [0.4, 0.5) is 17.8 Å². The van der Waals surface area contributed by atoms with Crippen LogP contribution in [0.1, 0.15) is 18.4 Å². The largest absolute Gasteiger partial charge is 0.339 e. The fourth-order valence-corrected chi connectivity index (χ4v) is 5.24. The number of piperidine rings is 2. The highest BCUT2D eigenvalue weighted by Gasteiger charge is 2.29. The van der Waals surface area contributed by atoms with Gasteiger partial charge < -0.3 is 37.6 Å². The number of anilines is 3. The number of halogens is 1. The molecule has 11 heteroatoms. The van der Waals surface area contributed by atoms with Crippen molar-refractivity contribution in [2.45, 2.75) is 43.6 Å². The third-order valence-electron chi connectivity index (χ3n) is 6.83. The molecule has 0 amide bonds. The van der Waals surface area contributed by atoms with Gasteiger partial charge in [0.15, 0.2) is 0 Å². The lowest BCUT2D eigenvalue weighted by Crippen LogP contribution is -2.54. The molecule has 10 nitrogen and oxygen atoms in total. The molecule has 2 saturated heterocycles. The minimum atomic E-state index is -0.0207. The Bertz CT molecular complexity index is 1110. The van der Waals surface area contributed by atoms with Gasteiger partial charge in [-0.2, -0.15) is 15.0 Å². The Balaban J connectivity index is 0.00000304. The zero-order chi connectivity index (χ0) is 24.5. The van der Waals surface area contributed by atoms with E-state index in [0.717, 1.165) is 12.8 Å². The van der Waals surface area contributed by atoms with Gasteiger partial charge in [0.25, 0.3) is 0 Å². The Hall–Kier alpha value is -2.76. The van der Waals surface area contributed by atoms with Crippen molar-refractivity contribution in [1.29, 1.82) is 0 Å². The molecule has 0 unspecified atom stereocenters. The summed E-state index contributed by atoms with van der Waals surface area (Å²) in [7, 11) is 2.01. The highest BCUT2D eigenvalue weighted by Crippen LogP contribution is 2.25. The molecular weight excluding hydrogens is 476 g/mol. The van der Waals surface area contributed by atoms with Crippen molar-refractivity contribution in [2.75, 3.05) is 47.9 Å². The van der Waals surface area contributed by atoms with Crippen LogP contribution in [-0.4, -0.2) is 72.3 Å². The fourth-order valence-electron chi connectivity index (χ4n) is 5.24. The highest BCUT2D eigenvalue weighted by atomic mass is 35.5. The Kier molecular flexibility index (Phi) is 8.11. The molecule has 2 fully saturated rings. The Morgan fingerprint density at radius 2 is 1.25 bits per heavy atom. The number of hydrogen-bond donors (Lipinski definition) is 4. The summed E-state index contributed by atoms with van der Waals surface area (Å²) < 4.78 is 0. The summed E-state index contributed by atoms with van der Waals surface area (Å²) in [6.45, 7) is 3.28. The predicted molar refractivity (Wildman–Crippen MR) is 149 cm³/mol. The van der Waals surface area contributed by atoms with Gasteiger partial charge in [-0.25, -0.2) is 0 Å². The first kappa shape index (κ1) is 26.3. The summed E-state index contributed by atoms with van der Waals surface area (Å²) in [5, 5.41) is 2.43. The van der Waals surface area contributed by atoms with Crippen LogP contribution in [0.25, 0.3) is 10.8 Å². The van der Waals surface area contributed by atoms with Crippen molar-refractivity contribution in [3.05, 3.63) is 48.0 Å². The lowest BCUT2D eigenvalue weighted by molar-refractivity contribution is 0.441. The molecule has 36 heavy (non-hydrogen) atoms. The molecule has 0 bridgehead atoms. The Labute approximate surface area is 218 Å². The summed E-state index contributed by atoms with van der Waals surface area (Å²) in [6.07, 6.45) is 1.58. The van der Waals surface area contributed by atoms with Crippen molar-refractivity contribution in [3.8, 4) is 0 Å². The van der Waals surface area contributed by atoms with Crippen LogP contribution in [0.3, 0.4) is 0 Å². The van der Waals surface area contributed by atoms with Gasteiger partial charge in [0.1, 0.15) is 0 Å². The van der Waals surface area contributed by atoms with E-state index in [1.54, 1.807) is 0 Å². The summed E-state index contributed by atoms with van der Waals surface area (Å²) >= 11 is 0. The van der Waals surface area contributed by atoms with Crippen molar-refractivity contribution in [1.82, 2.24) is 15.0 Å². The monoisotopic (exact) mass is 512 g/mol. The number of aromatic nitrogens is 3. The van der Waals surface area contributed by atoms with Crippen LogP contribution in [-0.2, 0) is 6.54 Å². The van der Waals surface area contributed by atoms with Crippen molar-refractivity contribution >= 4 is 41.0 Å². The van der Waals surface area contributed by atoms with E-state index in [1.165, 1.54) is 16.3 Å². The fraction of sp³-hybridized carbons (Fsp3) is 0.480. The van der Waals surface area contributed by atoms with Gasteiger partial charge in [-0.05, 0) is 29.2 Å². The first-order valence-electron chi connectivity index (χ1n) is 12.3. The second kappa shape index (κ2) is 11.1. The number of fused-ring (bicyclic) bond motifs is 1. The molecule has 0 spiro atoms. The number of nitrogens with two attached hydrogens (primary N) is 4. The van der Waals surface area contributed by atoms with Crippen LogP contribution in [0.5, 0.6) is 0 Å². The zero-order valence-electron chi connectivity index (χ0n) is 20.7. The van der Waals surface area contributed by atoms with Gasteiger partial charge in [0.2, 0.25) is 17.8 Å². The van der Waals surface area contributed by atoms with Crippen LogP contribution in [0.15, 0.2) is 42.5 Å². The van der Waals surface area contributed by atoms with Crippen LogP contribution >= 0.6 is 12.4 Å². The summed E-state index contributed by atoms with van der Waals surface area (Å²) in [4.78, 5) is 20.8. The molecule has 2 aliphatic rings. The highest BCUT2D eigenvalue weighted by molar-refractivity contribution is 5.86. The molecule has 2 aromatic carbocycles. The molecule has 4 atom stereocenters. The van der Waals surface area contributed by atoms with E-state index >= 15 is 0 Å². The van der Waals surface area contributed by atoms with Crippen LogP contribution < -0.4 is 37.6 Å². The van der Waals surface area contributed by atoms with E-state index in [-0.39, 0.29) is 36.6 Å². The summed E-state index contributed by atoms with van der Waals surface area (Å²) in [5.41, 5.74) is 26.3. The molecule has 1 aromatic heterocycles. The lowest BCUT2D eigenvalue weighted by atomic mass is 10.0. The molecule has 194 valence electrons. The Morgan fingerprint density at radius 3 is 1.81 bits per heavy atom. The molecule has 8 N–H and O–H groups in total. The van der Waals surface area contributed by atoms with Gasteiger partial charge in [0, 0.05) is 63.9 Å². The van der Waals surface area contributed by atoms with Gasteiger partial charge in [-0.3, -0.25) is 0 Å². The van der Waals surface area contributed by atoms with E-state index in [4.69, 9.17) is 37.9 Å². The molecule has 3 heterocycles. The van der Waals surface area contributed by atoms with E-state index in [2.05, 4.69) is 57.2 Å². The molecule has 5 rings (SSSR count). The molecule has 3 aromatic rings. The first-order chi connectivity index (χ1) is 16.9. The SMILES string of the molecule is CN(Cc1cccc2ccccc12)c1nc(N2C[C@H](N)C[C@H](N)C2)nc(N2C[C@H](N)C[C@H](N)C2)n1.Cl. The topological polar surface area (TPSA) is 152 Å². The van der Waals surface area contributed by atoms with Crippen molar-refractivity contribution in [2.24, 2.45) is 22.9 Å². The molecular formula is C25H37ClN10.